The van der Waals surface area contributed by atoms with Crippen LogP contribution in [0.15, 0.2) is 48.5 Å². The molecular weight excluding hydrogens is 430 g/mol. The van der Waals surface area contributed by atoms with Crippen molar-refractivity contribution in [3.63, 3.8) is 0 Å². The van der Waals surface area contributed by atoms with Crippen LogP contribution in [-0.4, -0.2) is 67.9 Å². The predicted molar refractivity (Wildman–Crippen MR) is 134 cm³/mol. The van der Waals surface area contributed by atoms with Crippen molar-refractivity contribution in [3.05, 3.63) is 65.4 Å². The van der Waals surface area contributed by atoms with Crippen LogP contribution in [0.4, 0.5) is 11.5 Å². The lowest BCUT2D eigenvalue weighted by molar-refractivity contribution is 0.102. The van der Waals surface area contributed by atoms with Gasteiger partial charge in [0.05, 0.1) is 19.9 Å². The quantitative estimate of drug-likeness (QED) is 0.505. The van der Waals surface area contributed by atoms with E-state index in [-0.39, 0.29) is 5.91 Å². The van der Waals surface area contributed by atoms with Crippen LogP contribution < -0.4 is 19.7 Å². The molecular formula is C26H33N5O3. The molecule has 2 heterocycles. The number of amides is 1. The second-order valence-electron chi connectivity index (χ2n) is 8.42. The summed E-state index contributed by atoms with van der Waals surface area (Å²) in [5.74, 6) is 1.95. The summed E-state index contributed by atoms with van der Waals surface area (Å²) in [4.78, 5) is 17.5. The average Bonchev–Trinajstić information content (AvgIpc) is 3.34. The summed E-state index contributed by atoms with van der Waals surface area (Å²) in [6, 6.07) is 15.5. The van der Waals surface area contributed by atoms with E-state index in [4.69, 9.17) is 9.47 Å². The Morgan fingerprint density at radius 1 is 0.971 bits per heavy atom. The Bertz CT molecular complexity index is 1070. The maximum Gasteiger partial charge on any atom is 0.256 e. The molecule has 0 aliphatic carbocycles. The van der Waals surface area contributed by atoms with Crippen molar-refractivity contribution >= 4 is 17.4 Å². The minimum atomic E-state index is -0.157. The fraction of sp³-hybridized carbons (Fsp3) is 0.385. The average molecular weight is 464 g/mol. The molecule has 2 N–H and O–H groups in total. The van der Waals surface area contributed by atoms with Gasteiger partial charge in [-0.25, -0.2) is 0 Å². The van der Waals surface area contributed by atoms with Gasteiger partial charge in [0.2, 0.25) is 0 Å². The molecule has 1 aromatic heterocycles. The van der Waals surface area contributed by atoms with E-state index < -0.39 is 0 Å². The molecule has 0 atom stereocenters. The van der Waals surface area contributed by atoms with E-state index in [2.05, 4.69) is 32.2 Å². The van der Waals surface area contributed by atoms with Crippen LogP contribution in [0.1, 0.15) is 28.5 Å². The Kier molecular flexibility index (Phi) is 7.69. The normalized spacial score (nSPS) is 14.1. The van der Waals surface area contributed by atoms with E-state index in [0.29, 0.717) is 11.4 Å². The minimum absolute atomic E-state index is 0.157. The largest absolute Gasteiger partial charge is 0.497 e. The van der Waals surface area contributed by atoms with E-state index in [9.17, 15) is 4.79 Å². The molecule has 180 valence electrons. The van der Waals surface area contributed by atoms with Gasteiger partial charge in [-0.15, -0.1) is 0 Å². The Morgan fingerprint density at radius 2 is 1.65 bits per heavy atom. The van der Waals surface area contributed by atoms with Gasteiger partial charge < -0.3 is 24.6 Å². The highest BCUT2D eigenvalue weighted by atomic mass is 16.5. The van der Waals surface area contributed by atoms with Gasteiger partial charge in [0.25, 0.3) is 5.91 Å². The number of piperazine rings is 1. The Hall–Kier alpha value is -3.52. The maximum absolute atomic E-state index is 12.7. The summed E-state index contributed by atoms with van der Waals surface area (Å²) in [5.41, 5.74) is 3.75. The lowest BCUT2D eigenvalue weighted by atomic mass is 10.1. The van der Waals surface area contributed by atoms with Crippen LogP contribution in [-0.2, 0) is 12.8 Å². The molecule has 1 fully saturated rings. The maximum atomic E-state index is 12.7. The Labute approximate surface area is 200 Å². The Balaban J connectivity index is 1.31. The smallest absolute Gasteiger partial charge is 0.256 e. The van der Waals surface area contributed by atoms with Crippen LogP contribution in [0.3, 0.4) is 0 Å². The molecule has 1 saturated heterocycles. The zero-order chi connectivity index (χ0) is 23.9. The van der Waals surface area contributed by atoms with Crippen LogP contribution in [0.25, 0.3) is 0 Å². The van der Waals surface area contributed by atoms with E-state index in [1.54, 1.807) is 14.2 Å². The molecule has 0 saturated carbocycles. The van der Waals surface area contributed by atoms with Gasteiger partial charge in [0.15, 0.2) is 0 Å². The van der Waals surface area contributed by atoms with Crippen molar-refractivity contribution < 1.29 is 14.3 Å². The molecule has 1 amide bonds. The first-order valence-corrected chi connectivity index (χ1v) is 11.7. The number of rotatable bonds is 9. The van der Waals surface area contributed by atoms with Gasteiger partial charge in [-0.3, -0.25) is 9.89 Å². The molecule has 2 aromatic carbocycles. The van der Waals surface area contributed by atoms with Crippen LogP contribution >= 0.6 is 0 Å². The van der Waals surface area contributed by atoms with E-state index >= 15 is 0 Å². The number of aromatic nitrogens is 2. The lowest BCUT2D eigenvalue weighted by Gasteiger charge is -2.35. The SMILES string of the molecule is CCN1CCN(c2ccc(C(=O)Nc3cc(CCc4cc(OC)cc(OC)c4)n[nH]3)cc2)CC1. The standard InChI is InChI=1S/C26H33N5O3/c1-4-30-11-13-31(14-12-30)22-9-6-20(7-10-22)26(32)27-25-17-21(28-29-25)8-5-19-15-23(33-2)18-24(16-19)34-3/h6-7,9-10,15-18H,4-5,8,11-14H2,1-3H3,(H2,27,28,29,32). The molecule has 1 aliphatic rings. The topological polar surface area (TPSA) is 82.7 Å². The summed E-state index contributed by atoms with van der Waals surface area (Å²) in [7, 11) is 3.28. The first kappa shape index (κ1) is 23.6. The molecule has 8 nitrogen and oxygen atoms in total. The molecule has 4 rings (SSSR count). The first-order valence-electron chi connectivity index (χ1n) is 11.7. The highest BCUT2D eigenvalue weighted by Gasteiger charge is 2.16. The number of likely N-dealkylation sites (N-methyl/N-ethyl adjacent to an activating group) is 1. The van der Waals surface area contributed by atoms with Gasteiger partial charge >= 0.3 is 0 Å². The van der Waals surface area contributed by atoms with Gasteiger partial charge in [0, 0.05) is 49.6 Å². The van der Waals surface area contributed by atoms with E-state index in [1.165, 1.54) is 0 Å². The lowest BCUT2D eigenvalue weighted by Crippen LogP contribution is -2.46. The fourth-order valence-corrected chi connectivity index (χ4v) is 4.18. The van der Waals surface area contributed by atoms with Crippen molar-refractivity contribution in [2.75, 3.05) is 57.2 Å². The molecule has 0 bridgehead atoms. The van der Waals surface area contributed by atoms with Gasteiger partial charge in [-0.2, -0.15) is 5.10 Å². The van der Waals surface area contributed by atoms with Crippen LogP contribution in [0.2, 0.25) is 0 Å². The van der Waals surface area contributed by atoms with Crippen LogP contribution in [0.5, 0.6) is 11.5 Å². The number of aryl methyl sites for hydroxylation is 2. The fourth-order valence-electron chi connectivity index (χ4n) is 4.18. The summed E-state index contributed by atoms with van der Waals surface area (Å²) >= 11 is 0. The second-order valence-corrected chi connectivity index (χ2v) is 8.42. The molecule has 0 unspecified atom stereocenters. The number of carbonyl (C=O) groups excluding carboxylic acids is 1. The number of nitrogens with one attached hydrogen (secondary N) is 2. The van der Waals surface area contributed by atoms with E-state index in [0.717, 1.165) is 74.0 Å². The van der Waals surface area contributed by atoms with Crippen molar-refractivity contribution in [2.24, 2.45) is 0 Å². The number of carbonyl (C=O) groups is 1. The number of hydrogen-bond donors (Lipinski definition) is 2. The number of ether oxygens (including phenoxy) is 2. The zero-order valence-electron chi connectivity index (χ0n) is 20.1. The van der Waals surface area contributed by atoms with Crippen molar-refractivity contribution in [2.45, 2.75) is 19.8 Å². The number of methoxy groups -OCH3 is 2. The third kappa shape index (κ3) is 5.88. The number of nitrogens with zero attached hydrogens (tertiary/aromatic N) is 3. The molecule has 34 heavy (non-hydrogen) atoms. The van der Waals surface area contributed by atoms with E-state index in [1.807, 2.05) is 48.5 Å². The highest BCUT2D eigenvalue weighted by Crippen LogP contribution is 2.24. The minimum Gasteiger partial charge on any atom is -0.497 e. The monoisotopic (exact) mass is 463 g/mol. The van der Waals surface area contributed by atoms with Crippen molar-refractivity contribution in [3.8, 4) is 11.5 Å². The third-order valence-electron chi connectivity index (χ3n) is 6.27. The number of H-pyrrole nitrogens is 1. The van der Waals surface area contributed by atoms with Crippen LogP contribution in [0, 0.1) is 0 Å². The number of hydrogen-bond acceptors (Lipinski definition) is 6. The zero-order valence-corrected chi connectivity index (χ0v) is 20.1. The summed E-state index contributed by atoms with van der Waals surface area (Å²) in [6.45, 7) is 7.47. The Morgan fingerprint density at radius 3 is 2.26 bits per heavy atom. The second kappa shape index (κ2) is 11.1. The highest BCUT2D eigenvalue weighted by molar-refractivity contribution is 6.03. The molecule has 1 aliphatic heterocycles. The number of anilines is 2. The third-order valence-corrected chi connectivity index (χ3v) is 6.27. The summed E-state index contributed by atoms with van der Waals surface area (Å²) in [5, 5.41) is 10.2. The number of benzene rings is 2. The van der Waals surface area contributed by atoms with Gasteiger partial charge in [-0.05, 0) is 61.3 Å². The molecule has 3 aromatic rings. The summed E-state index contributed by atoms with van der Waals surface area (Å²) < 4.78 is 10.7. The summed E-state index contributed by atoms with van der Waals surface area (Å²) in [6.07, 6.45) is 1.50. The number of aromatic amines is 1. The first-order chi connectivity index (χ1) is 16.6. The predicted octanol–water partition coefficient (Wildman–Crippen LogP) is 3.61. The van der Waals surface area contributed by atoms with Crippen molar-refractivity contribution in [1.82, 2.24) is 15.1 Å². The molecule has 0 radical (unpaired) electrons. The van der Waals surface area contributed by atoms with Gasteiger partial charge in [0.1, 0.15) is 17.3 Å². The molecule has 0 spiro atoms. The molecule has 8 heteroatoms. The van der Waals surface area contributed by atoms with Gasteiger partial charge in [-0.1, -0.05) is 6.92 Å². The van der Waals surface area contributed by atoms with Crippen molar-refractivity contribution in [1.29, 1.82) is 0 Å².